The number of nitrogens with one attached hydrogen (secondary N) is 1. The van der Waals surface area contributed by atoms with Crippen LogP contribution in [0.15, 0.2) is 39.4 Å². The van der Waals surface area contributed by atoms with Crippen LogP contribution in [0.5, 0.6) is 0 Å². The molecule has 0 bridgehead atoms. The molecule has 0 aliphatic heterocycles. The Kier molecular flexibility index (Phi) is 3.09. The zero-order valence-electron chi connectivity index (χ0n) is 9.74. The third-order valence-electron chi connectivity index (χ3n) is 2.64. The van der Waals surface area contributed by atoms with Gasteiger partial charge in [-0.2, -0.15) is 0 Å². The fourth-order valence-electron chi connectivity index (χ4n) is 1.78. The molecule has 2 heterocycles. The standard InChI is InChI=1S/C13H11BrN2OS/c1-8-16-11-3-2-9(6-13(11)18-8)15-7-12-10(14)4-5-17-12/h2-6,15H,7H2,1H3. The molecule has 0 spiro atoms. The SMILES string of the molecule is Cc1nc2ccc(NCc3occc3Br)cc2s1. The summed E-state index contributed by atoms with van der Waals surface area (Å²) in [6, 6.07) is 8.10. The van der Waals surface area contributed by atoms with Crippen molar-refractivity contribution in [3.05, 3.63) is 45.8 Å². The van der Waals surface area contributed by atoms with Crippen molar-refractivity contribution in [2.45, 2.75) is 13.5 Å². The topological polar surface area (TPSA) is 38.1 Å². The second-order valence-corrected chi connectivity index (χ2v) is 6.05. The largest absolute Gasteiger partial charge is 0.466 e. The summed E-state index contributed by atoms with van der Waals surface area (Å²) in [4.78, 5) is 4.44. The first-order valence-corrected chi connectivity index (χ1v) is 7.16. The minimum absolute atomic E-state index is 0.664. The Bertz CT molecular complexity index is 689. The van der Waals surface area contributed by atoms with Crippen LogP contribution in [0.25, 0.3) is 10.2 Å². The highest BCUT2D eigenvalue weighted by Gasteiger charge is 2.04. The van der Waals surface area contributed by atoms with Gasteiger partial charge in [0.15, 0.2) is 0 Å². The second-order valence-electron chi connectivity index (χ2n) is 3.96. The van der Waals surface area contributed by atoms with Gasteiger partial charge in [-0.25, -0.2) is 4.98 Å². The molecule has 1 N–H and O–H groups in total. The zero-order chi connectivity index (χ0) is 12.5. The molecular formula is C13H11BrN2OS. The van der Waals surface area contributed by atoms with Crippen LogP contribution in [0.4, 0.5) is 5.69 Å². The first-order valence-electron chi connectivity index (χ1n) is 5.55. The normalized spacial score (nSPS) is 11.0. The van der Waals surface area contributed by atoms with Crippen LogP contribution in [0.2, 0.25) is 0 Å². The highest BCUT2D eigenvalue weighted by Crippen LogP contribution is 2.25. The van der Waals surface area contributed by atoms with Gasteiger partial charge in [-0.05, 0) is 47.1 Å². The van der Waals surface area contributed by atoms with Crippen molar-refractivity contribution in [2.75, 3.05) is 5.32 Å². The lowest BCUT2D eigenvalue weighted by Gasteiger charge is -2.04. The molecule has 0 atom stereocenters. The molecule has 0 aliphatic rings. The molecule has 3 aromatic rings. The van der Waals surface area contributed by atoms with E-state index in [1.165, 1.54) is 4.70 Å². The third kappa shape index (κ3) is 2.28. The quantitative estimate of drug-likeness (QED) is 0.767. The Hall–Kier alpha value is -1.33. The molecule has 18 heavy (non-hydrogen) atoms. The number of fused-ring (bicyclic) bond motifs is 1. The predicted octanol–water partition coefficient (Wildman–Crippen LogP) is 4.57. The molecule has 0 saturated carbocycles. The number of benzene rings is 1. The van der Waals surface area contributed by atoms with E-state index in [4.69, 9.17) is 4.42 Å². The van der Waals surface area contributed by atoms with E-state index in [-0.39, 0.29) is 0 Å². The van der Waals surface area contributed by atoms with Crippen molar-refractivity contribution in [3.8, 4) is 0 Å². The maximum Gasteiger partial charge on any atom is 0.136 e. The number of anilines is 1. The molecule has 0 fully saturated rings. The Morgan fingerprint density at radius 1 is 1.39 bits per heavy atom. The molecule has 5 heteroatoms. The number of nitrogens with zero attached hydrogens (tertiary/aromatic N) is 1. The summed E-state index contributed by atoms with van der Waals surface area (Å²) in [6.45, 7) is 2.69. The number of halogens is 1. The van der Waals surface area contributed by atoms with E-state index in [1.54, 1.807) is 17.6 Å². The Morgan fingerprint density at radius 2 is 2.28 bits per heavy atom. The average molecular weight is 323 g/mol. The minimum Gasteiger partial charge on any atom is -0.466 e. The number of aromatic nitrogens is 1. The van der Waals surface area contributed by atoms with Crippen LogP contribution in [-0.4, -0.2) is 4.98 Å². The predicted molar refractivity (Wildman–Crippen MR) is 78.1 cm³/mol. The monoisotopic (exact) mass is 322 g/mol. The van der Waals surface area contributed by atoms with Crippen molar-refractivity contribution in [1.82, 2.24) is 4.98 Å². The lowest BCUT2D eigenvalue weighted by atomic mass is 10.3. The molecule has 0 saturated heterocycles. The zero-order valence-corrected chi connectivity index (χ0v) is 12.1. The highest BCUT2D eigenvalue weighted by atomic mass is 79.9. The van der Waals surface area contributed by atoms with Crippen LogP contribution in [0.1, 0.15) is 10.8 Å². The smallest absolute Gasteiger partial charge is 0.136 e. The molecule has 0 radical (unpaired) electrons. The van der Waals surface area contributed by atoms with Crippen LogP contribution in [0.3, 0.4) is 0 Å². The van der Waals surface area contributed by atoms with Gasteiger partial charge in [0.25, 0.3) is 0 Å². The fourth-order valence-corrected chi connectivity index (χ4v) is 2.99. The van der Waals surface area contributed by atoms with E-state index in [9.17, 15) is 0 Å². The van der Waals surface area contributed by atoms with Gasteiger partial charge in [0.1, 0.15) is 5.76 Å². The van der Waals surface area contributed by atoms with Crippen LogP contribution < -0.4 is 5.32 Å². The van der Waals surface area contributed by atoms with Crippen molar-refractivity contribution in [2.24, 2.45) is 0 Å². The van der Waals surface area contributed by atoms with Gasteiger partial charge in [-0.3, -0.25) is 0 Å². The number of aryl methyl sites for hydroxylation is 1. The molecule has 3 rings (SSSR count). The maximum absolute atomic E-state index is 5.36. The fraction of sp³-hybridized carbons (Fsp3) is 0.154. The van der Waals surface area contributed by atoms with E-state index >= 15 is 0 Å². The van der Waals surface area contributed by atoms with Crippen LogP contribution in [0, 0.1) is 6.92 Å². The van der Waals surface area contributed by atoms with Gasteiger partial charge in [0.05, 0.1) is 32.5 Å². The van der Waals surface area contributed by atoms with E-state index < -0.39 is 0 Å². The summed E-state index contributed by atoms with van der Waals surface area (Å²) >= 11 is 5.15. The van der Waals surface area contributed by atoms with Gasteiger partial charge in [0, 0.05) is 5.69 Å². The molecule has 0 amide bonds. The molecule has 0 unspecified atom stereocenters. The van der Waals surface area contributed by atoms with Gasteiger partial charge < -0.3 is 9.73 Å². The first kappa shape index (κ1) is 11.7. The average Bonchev–Trinajstić information content (AvgIpc) is 2.90. The number of hydrogen-bond acceptors (Lipinski definition) is 4. The molecular weight excluding hydrogens is 312 g/mol. The van der Waals surface area contributed by atoms with E-state index in [0.29, 0.717) is 6.54 Å². The number of rotatable bonds is 3. The van der Waals surface area contributed by atoms with Gasteiger partial charge in [0.2, 0.25) is 0 Å². The summed E-state index contributed by atoms with van der Waals surface area (Å²) in [5, 5.41) is 4.44. The Balaban J connectivity index is 1.80. The van der Waals surface area contributed by atoms with Gasteiger partial charge in [-0.1, -0.05) is 0 Å². The van der Waals surface area contributed by atoms with Gasteiger partial charge >= 0.3 is 0 Å². The molecule has 92 valence electrons. The van der Waals surface area contributed by atoms with Crippen molar-refractivity contribution >= 4 is 43.2 Å². The lowest BCUT2D eigenvalue weighted by Crippen LogP contribution is -1.98. The second kappa shape index (κ2) is 4.74. The first-order chi connectivity index (χ1) is 8.72. The number of thiazole rings is 1. The lowest BCUT2D eigenvalue weighted by molar-refractivity contribution is 0.516. The number of furan rings is 1. The highest BCUT2D eigenvalue weighted by molar-refractivity contribution is 9.10. The number of hydrogen-bond donors (Lipinski definition) is 1. The molecule has 3 nitrogen and oxygen atoms in total. The van der Waals surface area contributed by atoms with Crippen LogP contribution >= 0.6 is 27.3 Å². The summed E-state index contributed by atoms with van der Waals surface area (Å²) in [5.41, 5.74) is 2.14. The van der Waals surface area contributed by atoms with Crippen molar-refractivity contribution < 1.29 is 4.42 Å². The molecule has 2 aromatic heterocycles. The summed E-state index contributed by atoms with van der Waals surface area (Å²) in [5.74, 6) is 0.899. The maximum atomic E-state index is 5.36. The minimum atomic E-state index is 0.664. The van der Waals surface area contributed by atoms with Gasteiger partial charge in [-0.15, -0.1) is 11.3 Å². The van der Waals surface area contributed by atoms with E-state index in [1.807, 2.05) is 25.1 Å². The Morgan fingerprint density at radius 3 is 3.06 bits per heavy atom. The summed E-state index contributed by atoms with van der Waals surface area (Å²) < 4.78 is 7.55. The van der Waals surface area contributed by atoms with E-state index in [2.05, 4.69) is 32.3 Å². The van der Waals surface area contributed by atoms with E-state index in [0.717, 1.165) is 26.4 Å². The Labute approximate surface area is 117 Å². The molecule has 0 aliphatic carbocycles. The summed E-state index contributed by atoms with van der Waals surface area (Å²) in [6.07, 6.45) is 1.68. The third-order valence-corrected chi connectivity index (χ3v) is 4.28. The van der Waals surface area contributed by atoms with Crippen molar-refractivity contribution in [3.63, 3.8) is 0 Å². The molecule has 1 aromatic carbocycles. The summed E-state index contributed by atoms with van der Waals surface area (Å²) in [7, 11) is 0. The van der Waals surface area contributed by atoms with Crippen molar-refractivity contribution in [1.29, 1.82) is 0 Å². The van der Waals surface area contributed by atoms with Crippen LogP contribution in [-0.2, 0) is 6.54 Å².